The van der Waals surface area contributed by atoms with Gasteiger partial charge in [0.2, 0.25) is 0 Å². The maximum atomic E-state index is 14.4. The van der Waals surface area contributed by atoms with Gasteiger partial charge in [-0.2, -0.15) is 0 Å². The number of nitrogens with zero attached hydrogens (tertiary/aromatic N) is 2. The summed E-state index contributed by atoms with van der Waals surface area (Å²) in [4.78, 5) is 21.9. The summed E-state index contributed by atoms with van der Waals surface area (Å²) >= 11 is 0. The highest BCUT2D eigenvalue weighted by molar-refractivity contribution is 6.07. The van der Waals surface area contributed by atoms with Crippen LogP contribution in [-0.4, -0.2) is 21.8 Å². The molecule has 3 atom stereocenters. The van der Waals surface area contributed by atoms with Gasteiger partial charge in [-0.15, -0.1) is 0 Å². The van der Waals surface area contributed by atoms with Crippen LogP contribution in [-0.2, 0) is 12.8 Å². The molecule has 1 aromatic carbocycles. The van der Waals surface area contributed by atoms with Crippen LogP contribution < -0.4 is 5.73 Å². The van der Waals surface area contributed by atoms with Crippen molar-refractivity contribution in [1.82, 2.24) is 9.97 Å². The van der Waals surface area contributed by atoms with Crippen molar-refractivity contribution in [1.29, 1.82) is 0 Å². The quantitative estimate of drug-likeness (QED) is 0.607. The molecule has 0 amide bonds. The van der Waals surface area contributed by atoms with Gasteiger partial charge in [-0.05, 0) is 78.5 Å². The molecule has 0 aliphatic heterocycles. The number of carbonyl (C=O) groups is 1. The average molecular weight is 406 g/mol. The van der Waals surface area contributed by atoms with Crippen molar-refractivity contribution < 1.29 is 9.18 Å². The zero-order valence-corrected chi connectivity index (χ0v) is 17.6. The predicted octanol–water partition coefficient (Wildman–Crippen LogP) is 4.99. The molecule has 5 heteroatoms. The van der Waals surface area contributed by atoms with Gasteiger partial charge in [0.05, 0.1) is 5.52 Å². The Balaban J connectivity index is 1.66. The second-order valence-corrected chi connectivity index (χ2v) is 8.63. The Morgan fingerprint density at radius 1 is 1.20 bits per heavy atom. The number of nitrogens with two attached hydrogens (primary N) is 1. The van der Waals surface area contributed by atoms with Crippen LogP contribution in [0.3, 0.4) is 0 Å². The number of hydrogen-bond acceptors (Lipinski definition) is 4. The number of rotatable bonds is 5. The lowest BCUT2D eigenvalue weighted by atomic mass is 9.75. The first-order chi connectivity index (χ1) is 14.5. The van der Waals surface area contributed by atoms with E-state index in [-0.39, 0.29) is 24.1 Å². The maximum absolute atomic E-state index is 14.4. The molecule has 2 heterocycles. The fraction of sp³-hybridized carbons (Fsp3) is 0.400. The number of aryl methyl sites for hydroxylation is 1. The minimum atomic E-state index is -0.350. The van der Waals surface area contributed by atoms with Crippen LogP contribution in [0, 0.1) is 11.7 Å². The minimum absolute atomic E-state index is 0.0702. The third-order valence-corrected chi connectivity index (χ3v) is 6.27. The largest absolute Gasteiger partial charge is 0.328 e. The second-order valence-electron chi connectivity index (χ2n) is 8.63. The highest BCUT2D eigenvalue weighted by atomic mass is 19.1. The van der Waals surface area contributed by atoms with Crippen molar-refractivity contribution in [3.05, 3.63) is 70.9 Å². The van der Waals surface area contributed by atoms with E-state index in [4.69, 9.17) is 5.73 Å². The molecule has 4 rings (SSSR count). The Kier molecular flexibility index (Phi) is 5.91. The van der Waals surface area contributed by atoms with Gasteiger partial charge >= 0.3 is 0 Å². The van der Waals surface area contributed by atoms with Crippen LogP contribution in [0.4, 0.5) is 4.39 Å². The fourth-order valence-electron chi connectivity index (χ4n) is 4.81. The smallest absolute Gasteiger partial charge is 0.169 e. The van der Waals surface area contributed by atoms with E-state index in [1.807, 2.05) is 13.0 Å². The predicted molar refractivity (Wildman–Crippen MR) is 117 cm³/mol. The Hall–Kier alpha value is -2.66. The highest BCUT2D eigenvalue weighted by Gasteiger charge is 2.27. The summed E-state index contributed by atoms with van der Waals surface area (Å²) in [6.45, 7) is 4.23. The molecule has 1 saturated carbocycles. The van der Waals surface area contributed by atoms with Gasteiger partial charge in [0, 0.05) is 42.0 Å². The standard InChI is InChI=1S/C25H28FN3O/c1-3-16-10-22-23(26)5-4-21(25(22)29-13-16)24(30)12-18-14-28-7-6-20(18)17-8-15(2)9-19(27)11-17/h4-7,10,13-15,17,19H,3,8-9,11-12,27H2,1-2H3/t15-,17+,19-/m0/s1. The topological polar surface area (TPSA) is 68.9 Å². The number of pyridine rings is 2. The number of Topliss-reactive ketones (excluding diaryl/α,β-unsaturated/α-hetero) is 1. The Morgan fingerprint density at radius 2 is 2.03 bits per heavy atom. The molecule has 0 spiro atoms. The van der Waals surface area contributed by atoms with Gasteiger partial charge < -0.3 is 5.73 Å². The molecular formula is C25H28FN3O. The number of ketones is 1. The van der Waals surface area contributed by atoms with Crippen molar-refractivity contribution in [3.63, 3.8) is 0 Å². The molecule has 3 aromatic rings. The van der Waals surface area contributed by atoms with E-state index >= 15 is 0 Å². The van der Waals surface area contributed by atoms with Gasteiger partial charge in [0.1, 0.15) is 5.82 Å². The van der Waals surface area contributed by atoms with Gasteiger partial charge in [-0.1, -0.05) is 13.8 Å². The number of carbonyl (C=O) groups excluding carboxylic acids is 1. The van der Waals surface area contributed by atoms with Crippen molar-refractivity contribution >= 4 is 16.7 Å². The Morgan fingerprint density at radius 3 is 2.80 bits per heavy atom. The molecule has 0 unspecified atom stereocenters. The van der Waals surface area contributed by atoms with Crippen LogP contribution in [0.1, 0.15) is 66.1 Å². The first-order valence-electron chi connectivity index (χ1n) is 10.7. The monoisotopic (exact) mass is 405 g/mol. The van der Waals surface area contributed by atoms with Gasteiger partial charge in [0.25, 0.3) is 0 Å². The van der Waals surface area contributed by atoms with Crippen molar-refractivity contribution in [2.75, 3.05) is 0 Å². The second kappa shape index (κ2) is 8.60. The lowest BCUT2D eigenvalue weighted by Gasteiger charge is -2.32. The third-order valence-electron chi connectivity index (χ3n) is 6.27. The van der Waals surface area contributed by atoms with Crippen LogP contribution in [0.2, 0.25) is 0 Å². The Bertz CT molecular complexity index is 1070. The van der Waals surface area contributed by atoms with E-state index < -0.39 is 0 Å². The number of benzene rings is 1. The van der Waals surface area contributed by atoms with E-state index in [1.165, 1.54) is 6.07 Å². The summed E-state index contributed by atoms with van der Waals surface area (Å²) in [7, 11) is 0. The SMILES string of the molecule is CCc1cnc2c(C(=O)Cc3cnccc3[C@@H]3C[C@H](C)C[C@H](N)C3)ccc(F)c2c1. The molecule has 0 saturated heterocycles. The number of fused-ring (bicyclic) bond motifs is 1. The molecule has 1 aliphatic rings. The molecule has 1 aliphatic carbocycles. The molecule has 4 nitrogen and oxygen atoms in total. The third kappa shape index (κ3) is 4.12. The van der Waals surface area contributed by atoms with Crippen molar-refractivity contribution in [2.24, 2.45) is 11.7 Å². The average Bonchev–Trinajstić information content (AvgIpc) is 2.73. The molecule has 30 heavy (non-hydrogen) atoms. The van der Waals surface area contributed by atoms with Crippen LogP contribution >= 0.6 is 0 Å². The van der Waals surface area contributed by atoms with Crippen LogP contribution in [0.25, 0.3) is 10.9 Å². The van der Waals surface area contributed by atoms with E-state index in [0.717, 1.165) is 42.4 Å². The van der Waals surface area contributed by atoms with E-state index in [2.05, 4.69) is 16.9 Å². The lowest BCUT2D eigenvalue weighted by Crippen LogP contribution is -2.31. The normalized spacial score (nSPS) is 21.7. The maximum Gasteiger partial charge on any atom is 0.169 e. The Labute approximate surface area is 176 Å². The zero-order chi connectivity index (χ0) is 21.3. The van der Waals surface area contributed by atoms with Gasteiger partial charge in [-0.3, -0.25) is 14.8 Å². The summed E-state index contributed by atoms with van der Waals surface area (Å²) < 4.78 is 14.4. The van der Waals surface area contributed by atoms with Crippen LogP contribution in [0.15, 0.2) is 42.9 Å². The van der Waals surface area contributed by atoms with E-state index in [9.17, 15) is 9.18 Å². The minimum Gasteiger partial charge on any atom is -0.328 e. The summed E-state index contributed by atoms with van der Waals surface area (Å²) in [5, 5.41) is 0.402. The zero-order valence-electron chi connectivity index (χ0n) is 17.6. The molecule has 2 aromatic heterocycles. The van der Waals surface area contributed by atoms with Crippen molar-refractivity contribution in [3.8, 4) is 0 Å². The van der Waals surface area contributed by atoms with Crippen LogP contribution in [0.5, 0.6) is 0 Å². The molecule has 156 valence electrons. The highest BCUT2D eigenvalue weighted by Crippen LogP contribution is 2.37. The van der Waals surface area contributed by atoms with Gasteiger partial charge in [-0.25, -0.2) is 4.39 Å². The molecule has 0 radical (unpaired) electrons. The van der Waals surface area contributed by atoms with Crippen molar-refractivity contribution in [2.45, 2.75) is 57.9 Å². The first-order valence-corrected chi connectivity index (χ1v) is 10.7. The molecule has 0 bridgehead atoms. The first kappa shape index (κ1) is 20.6. The number of aromatic nitrogens is 2. The summed E-state index contributed by atoms with van der Waals surface area (Å²) in [6, 6.07) is 6.91. The number of hydrogen-bond donors (Lipinski definition) is 1. The molecule has 2 N–H and O–H groups in total. The van der Waals surface area contributed by atoms with E-state index in [1.54, 1.807) is 30.7 Å². The fourth-order valence-corrected chi connectivity index (χ4v) is 4.81. The summed E-state index contributed by atoms with van der Waals surface area (Å²) in [5.41, 5.74) is 10.2. The summed E-state index contributed by atoms with van der Waals surface area (Å²) in [6.07, 6.45) is 9.32. The lowest BCUT2D eigenvalue weighted by molar-refractivity contribution is 0.0994. The number of halogens is 1. The summed E-state index contributed by atoms with van der Waals surface area (Å²) in [5.74, 6) is 0.481. The molecule has 1 fully saturated rings. The van der Waals surface area contributed by atoms with Gasteiger partial charge in [0.15, 0.2) is 5.78 Å². The molecular weight excluding hydrogens is 377 g/mol. The van der Waals surface area contributed by atoms with E-state index in [0.29, 0.717) is 28.3 Å².